The third-order valence-corrected chi connectivity index (χ3v) is 5.43. The Morgan fingerprint density at radius 1 is 0.844 bits per heavy atom. The van der Waals surface area contributed by atoms with E-state index < -0.39 is 0 Å². The molecule has 0 aliphatic carbocycles. The van der Waals surface area contributed by atoms with Crippen molar-refractivity contribution >= 4 is 0 Å². The topological polar surface area (TPSA) is 109 Å². The summed E-state index contributed by atoms with van der Waals surface area (Å²) in [5.41, 5.74) is 8.16. The Morgan fingerprint density at radius 2 is 1.53 bits per heavy atom. The Labute approximate surface area is 185 Å². The van der Waals surface area contributed by atoms with Gasteiger partial charge >= 0.3 is 0 Å². The van der Waals surface area contributed by atoms with E-state index in [1.807, 2.05) is 18.2 Å². The molecule has 3 aromatic rings. The van der Waals surface area contributed by atoms with Gasteiger partial charge in [-0.25, -0.2) is 5.43 Å². The molecule has 32 heavy (non-hydrogen) atoms. The summed E-state index contributed by atoms with van der Waals surface area (Å²) in [5, 5.41) is 4.19. The molecule has 4 rings (SSSR count). The van der Waals surface area contributed by atoms with Gasteiger partial charge in [0.25, 0.3) is 0 Å². The van der Waals surface area contributed by atoms with Crippen LogP contribution in [0.15, 0.2) is 34.9 Å². The maximum absolute atomic E-state index is 5.65. The van der Waals surface area contributed by atoms with Crippen molar-refractivity contribution in [3.63, 3.8) is 0 Å². The van der Waals surface area contributed by atoms with Crippen molar-refractivity contribution in [3.05, 3.63) is 41.8 Å². The third-order valence-electron chi connectivity index (χ3n) is 5.43. The molecule has 10 nitrogen and oxygen atoms in total. The first kappa shape index (κ1) is 21.7. The lowest BCUT2D eigenvalue weighted by atomic mass is 9.94. The highest BCUT2D eigenvalue weighted by Crippen LogP contribution is 2.41. The molecule has 2 unspecified atom stereocenters. The van der Waals surface area contributed by atoms with Crippen molar-refractivity contribution < 1.29 is 28.2 Å². The fourth-order valence-corrected chi connectivity index (χ4v) is 3.80. The van der Waals surface area contributed by atoms with Gasteiger partial charge in [0.05, 0.1) is 47.5 Å². The zero-order chi connectivity index (χ0) is 22.7. The number of aromatic nitrogens is 2. The summed E-state index contributed by atoms with van der Waals surface area (Å²) in [4.78, 5) is 4.66. The van der Waals surface area contributed by atoms with Crippen molar-refractivity contribution in [2.24, 2.45) is 0 Å². The van der Waals surface area contributed by atoms with Gasteiger partial charge in [0.1, 0.15) is 0 Å². The van der Waals surface area contributed by atoms with E-state index in [1.54, 1.807) is 47.7 Å². The first-order valence-electron chi connectivity index (χ1n) is 9.97. The van der Waals surface area contributed by atoms with E-state index in [-0.39, 0.29) is 12.0 Å². The number of hydrogen-bond donors (Lipinski definition) is 2. The molecule has 0 radical (unpaired) electrons. The first-order valence-corrected chi connectivity index (χ1v) is 9.97. The van der Waals surface area contributed by atoms with Crippen molar-refractivity contribution in [3.8, 4) is 40.1 Å². The van der Waals surface area contributed by atoms with E-state index in [2.05, 4.69) is 21.0 Å². The van der Waals surface area contributed by atoms with Crippen LogP contribution in [0.3, 0.4) is 0 Å². The third kappa shape index (κ3) is 3.90. The molecule has 0 amide bonds. The predicted octanol–water partition coefficient (Wildman–Crippen LogP) is 2.71. The summed E-state index contributed by atoms with van der Waals surface area (Å²) >= 11 is 0. The van der Waals surface area contributed by atoms with Gasteiger partial charge in [-0.3, -0.25) is 5.43 Å². The van der Waals surface area contributed by atoms with E-state index >= 15 is 0 Å². The highest BCUT2D eigenvalue weighted by molar-refractivity contribution is 5.66. The molecule has 2 atom stereocenters. The van der Waals surface area contributed by atoms with Crippen molar-refractivity contribution in [1.29, 1.82) is 0 Å². The van der Waals surface area contributed by atoms with Crippen LogP contribution in [-0.4, -0.2) is 52.2 Å². The fourth-order valence-electron chi connectivity index (χ4n) is 3.80. The van der Waals surface area contributed by atoms with Crippen LogP contribution in [0, 0.1) is 0 Å². The average molecular weight is 442 g/mol. The number of rotatable bonds is 8. The Balaban J connectivity index is 1.65. The molecule has 0 saturated carbocycles. The van der Waals surface area contributed by atoms with Crippen LogP contribution in [0.25, 0.3) is 11.4 Å². The summed E-state index contributed by atoms with van der Waals surface area (Å²) < 4.78 is 32.7. The van der Waals surface area contributed by atoms with Crippen LogP contribution in [-0.2, 0) is 0 Å². The van der Waals surface area contributed by atoms with Gasteiger partial charge in [-0.1, -0.05) is 11.2 Å². The van der Waals surface area contributed by atoms with Gasteiger partial charge in [-0.05, 0) is 29.8 Å². The molecule has 1 saturated heterocycles. The summed E-state index contributed by atoms with van der Waals surface area (Å²) in [6, 6.07) is 9.27. The molecule has 10 heteroatoms. The largest absolute Gasteiger partial charge is 0.493 e. The lowest BCUT2D eigenvalue weighted by molar-refractivity contribution is 0.324. The van der Waals surface area contributed by atoms with Gasteiger partial charge in [-0.2, -0.15) is 4.98 Å². The predicted molar refractivity (Wildman–Crippen MR) is 116 cm³/mol. The first-order chi connectivity index (χ1) is 15.6. The molecule has 0 spiro atoms. The van der Waals surface area contributed by atoms with E-state index in [0.717, 1.165) is 5.56 Å². The minimum Gasteiger partial charge on any atom is -0.493 e. The second kappa shape index (κ2) is 9.33. The quantitative estimate of drug-likeness (QED) is 0.540. The molecule has 170 valence electrons. The van der Waals surface area contributed by atoms with E-state index in [1.165, 1.54) is 0 Å². The Kier molecular flexibility index (Phi) is 6.33. The number of hydrogen-bond acceptors (Lipinski definition) is 10. The number of methoxy groups -OCH3 is 5. The molecule has 2 aromatic carbocycles. The number of nitrogens with zero attached hydrogens (tertiary/aromatic N) is 2. The normalized spacial score (nSPS) is 17.8. The Bertz CT molecular complexity index is 1060. The highest BCUT2D eigenvalue weighted by Gasteiger charge is 2.34. The second-order valence-electron chi connectivity index (χ2n) is 7.09. The van der Waals surface area contributed by atoms with Crippen LogP contribution in [0.1, 0.15) is 23.4 Å². The van der Waals surface area contributed by atoms with Crippen LogP contribution in [0.5, 0.6) is 28.7 Å². The molecule has 2 heterocycles. The van der Waals surface area contributed by atoms with E-state index in [4.69, 9.17) is 28.2 Å². The molecule has 1 aliphatic rings. The molecule has 2 N–H and O–H groups in total. The second-order valence-corrected chi connectivity index (χ2v) is 7.09. The van der Waals surface area contributed by atoms with Crippen molar-refractivity contribution in [2.75, 3.05) is 42.1 Å². The van der Waals surface area contributed by atoms with Crippen LogP contribution < -0.4 is 34.5 Å². The molecule has 1 aromatic heterocycles. The number of benzene rings is 2. The highest BCUT2D eigenvalue weighted by atomic mass is 16.5. The molecular formula is C22H26N4O6. The summed E-state index contributed by atoms with van der Waals surface area (Å²) in [5.74, 6) is 3.70. The van der Waals surface area contributed by atoms with Gasteiger partial charge in [0.15, 0.2) is 23.0 Å². The van der Waals surface area contributed by atoms with E-state index in [0.29, 0.717) is 52.6 Å². The Hall–Kier alpha value is -3.50. The average Bonchev–Trinajstić information content (AvgIpc) is 3.52. The SMILES string of the molecule is COc1ccc(C2NNCC2c2nc(-c3cc(OC)c(OC)c(OC)c3)no2)cc1OC. The van der Waals surface area contributed by atoms with Gasteiger partial charge < -0.3 is 28.2 Å². The summed E-state index contributed by atoms with van der Waals surface area (Å²) in [6.07, 6.45) is 0. The fraction of sp³-hybridized carbons (Fsp3) is 0.364. The van der Waals surface area contributed by atoms with Crippen LogP contribution in [0.4, 0.5) is 0 Å². The maximum atomic E-state index is 5.65. The number of ether oxygens (including phenoxy) is 5. The standard InChI is InChI=1S/C22H26N4O6/c1-27-15-7-6-12(8-16(15)28-2)19-14(11-23-25-19)22-24-21(26-32-22)13-9-17(29-3)20(31-5)18(10-13)30-4/h6-10,14,19,23,25H,11H2,1-5H3. The van der Waals surface area contributed by atoms with Crippen LogP contribution >= 0.6 is 0 Å². The molecule has 0 bridgehead atoms. The molecule has 1 aliphatic heterocycles. The van der Waals surface area contributed by atoms with E-state index in [9.17, 15) is 0 Å². The van der Waals surface area contributed by atoms with Gasteiger partial charge in [0, 0.05) is 12.1 Å². The smallest absolute Gasteiger partial charge is 0.233 e. The molecular weight excluding hydrogens is 416 g/mol. The minimum atomic E-state index is -0.0944. The maximum Gasteiger partial charge on any atom is 0.233 e. The monoisotopic (exact) mass is 442 g/mol. The Morgan fingerprint density at radius 3 is 2.16 bits per heavy atom. The number of nitrogens with one attached hydrogen (secondary N) is 2. The zero-order valence-corrected chi connectivity index (χ0v) is 18.6. The minimum absolute atomic E-state index is 0.0867. The zero-order valence-electron chi connectivity index (χ0n) is 18.6. The van der Waals surface area contributed by atoms with Gasteiger partial charge in [-0.15, -0.1) is 0 Å². The molecule has 1 fully saturated rings. The van der Waals surface area contributed by atoms with Crippen molar-refractivity contribution in [1.82, 2.24) is 21.0 Å². The lowest BCUT2D eigenvalue weighted by Crippen LogP contribution is -2.24. The van der Waals surface area contributed by atoms with Gasteiger partial charge in [0.2, 0.25) is 17.5 Å². The summed E-state index contributed by atoms with van der Waals surface area (Å²) in [7, 11) is 7.90. The number of hydrazine groups is 1. The van der Waals surface area contributed by atoms with Crippen molar-refractivity contribution in [2.45, 2.75) is 12.0 Å². The van der Waals surface area contributed by atoms with Crippen LogP contribution in [0.2, 0.25) is 0 Å². The summed E-state index contributed by atoms with van der Waals surface area (Å²) in [6.45, 7) is 0.621. The lowest BCUT2D eigenvalue weighted by Gasteiger charge is -2.17.